The second-order valence-electron chi connectivity index (χ2n) is 4.34. The number of amides is 1. The van der Waals surface area contributed by atoms with Crippen molar-refractivity contribution >= 4 is 5.91 Å². The van der Waals surface area contributed by atoms with Crippen molar-refractivity contribution in [1.29, 1.82) is 0 Å². The van der Waals surface area contributed by atoms with E-state index in [0.717, 1.165) is 0 Å². The van der Waals surface area contributed by atoms with Gasteiger partial charge in [0.15, 0.2) is 6.33 Å². The summed E-state index contributed by atoms with van der Waals surface area (Å²) in [7, 11) is 0. The molecule has 0 aromatic carbocycles. The summed E-state index contributed by atoms with van der Waals surface area (Å²) in [5, 5.41) is 6.17. The summed E-state index contributed by atoms with van der Waals surface area (Å²) in [5.41, 5.74) is -0.302. The molecule has 1 N–H and O–H groups in total. The van der Waals surface area contributed by atoms with E-state index in [2.05, 4.69) is 15.5 Å². The highest BCUT2D eigenvalue weighted by atomic mass is 16.5. The van der Waals surface area contributed by atoms with Crippen LogP contribution in [0.4, 0.5) is 0 Å². The van der Waals surface area contributed by atoms with Crippen LogP contribution in [0, 0.1) is 0 Å². The summed E-state index contributed by atoms with van der Waals surface area (Å²) in [4.78, 5) is 15.2. The van der Waals surface area contributed by atoms with Gasteiger partial charge in [-0.25, -0.2) is 0 Å². The summed E-state index contributed by atoms with van der Waals surface area (Å²) in [6.07, 6.45) is 1.86. The predicted molar refractivity (Wildman–Crippen MR) is 56.7 cm³/mol. The number of hydrogen-bond donors (Lipinski definition) is 1. The fourth-order valence-electron chi connectivity index (χ4n) is 0.948. The molecule has 0 atom stereocenters. The third kappa shape index (κ3) is 5.45. The molecule has 0 saturated heterocycles. The van der Waals surface area contributed by atoms with E-state index in [0.29, 0.717) is 18.9 Å². The van der Waals surface area contributed by atoms with Crippen molar-refractivity contribution in [3.63, 3.8) is 0 Å². The van der Waals surface area contributed by atoms with Crippen molar-refractivity contribution in [3.8, 4) is 0 Å². The molecule has 6 nitrogen and oxygen atoms in total. The van der Waals surface area contributed by atoms with Gasteiger partial charge in [-0.15, -0.1) is 0 Å². The largest absolute Gasteiger partial charge is 0.366 e. The van der Waals surface area contributed by atoms with E-state index in [1.165, 1.54) is 6.33 Å². The average molecular weight is 227 g/mol. The first-order chi connectivity index (χ1) is 7.47. The number of aromatic nitrogens is 2. The fraction of sp³-hybridized carbons (Fsp3) is 0.700. The van der Waals surface area contributed by atoms with Crippen LogP contribution in [0.3, 0.4) is 0 Å². The highest BCUT2D eigenvalue weighted by molar-refractivity contribution is 5.77. The van der Waals surface area contributed by atoms with E-state index in [9.17, 15) is 4.79 Å². The van der Waals surface area contributed by atoms with E-state index >= 15 is 0 Å². The summed E-state index contributed by atoms with van der Waals surface area (Å²) in [6, 6.07) is 0. The smallest absolute Gasteiger partial charge is 0.246 e. The van der Waals surface area contributed by atoms with Crippen LogP contribution in [0.15, 0.2) is 10.9 Å². The zero-order valence-corrected chi connectivity index (χ0v) is 9.82. The van der Waals surface area contributed by atoms with Gasteiger partial charge < -0.3 is 14.6 Å². The van der Waals surface area contributed by atoms with Crippen LogP contribution < -0.4 is 5.32 Å². The Kier molecular flexibility index (Phi) is 4.42. The Hall–Kier alpha value is -1.43. The number of nitrogens with one attached hydrogen (secondary N) is 1. The zero-order valence-electron chi connectivity index (χ0n) is 9.82. The monoisotopic (exact) mass is 227 g/mol. The lowest BCUT2D eigenvalue weighted by Gasteiger charge is -2.18. The van der Waals surface area contributed by atoms with E-state index in [1.54, 1.807) is 0 Å². The second kappa shape index (κ2) is 5.60. The summed E-state index contributed by atoms with van der Waals surface area (Å²) < 4.78 is 10.1. The van der Waals surface area contributed by atoms with Gasteiger partial charge in [0, 0.05) is 13.0 Å². The van der Waals surface area contributed by atoms with Gasteiger partial charge in [-0.1, -0.05) is 5.16 Å². The van der Waals surface area contributed by atoms with Crippen molar-refractivity contribution in [1.82, 2.24) is 15.5 Å². The van der Waals surface area contributed by atoms with Gasteiger partial charge in [-0.05, 0) is 20.8 Å². The molecular weight excluding hydrogens is 210 g/mol. The van der Waals surface area contributed by atoms with Crippen molar-refractivity contribution in [2.75, 3.05) is 13.2 Å². The van der Waals surface area contributed by atoms with Crippen molar-refractivity contribution in [2.24, 2.45) is 0 Å². The molecule has 16 heavy (non-hydrogen) atoms. The minimum absolute atomic E-state index is 0.0628. The van der Waals surface area contributed by atoms with Crippen molar-refractivity contribution in [3.05, 3.63) is 12.2 Å². The second-order valence-corrected chi connectivity index (χ2v) is 4.34. The third-order valence-corrected chi connectivity index (χ3v) is 1.70. The van der Waals surface area contributed by atoms with Crippen LogP contribution >= 0.6 is 0 Å². The molecule has 0 aliphatic heterocycles. The summed E-state index contributed by atoms with van der Waals surface area (Å²) >= 11 is 0. The van der Waals surface area contributed by atoms with E-state index in [1.807, 2.05) is 20.8 Å². The number of nitrogens with zero attached hydrogens (tertiary/aromatic N) is 2. The number of ether oxygens (including phenoxy) is 1. The fourth-order valence-corrected chi connectivity index (χ4v) is 0.948. The Bertz CT molecular complexity index is 317. The van der Waals surface area contributed by atoms with Gasteiger partial charge in [0.1, 0.15) is 6.61 Å². The minimum Gasteiger partial charge on any atom is -0.366 e. The predicted octanol–water partition coefficient (Wildman–Crippen LogP) is 0.543. The molecule has 90 valence electrons. The van der Waals surface area contributed by atoms with Gasteiger partial charge in [-0.2, -0.15) is 4.98 Å². The lowest BCUT2D eigenvalue weighted by Crippen LogP contribution is -2.33. The molecular formula is C10H17N3O3. The highest BCUT2D eigenvalue weighted by Gasteiger charge is 2.12. The van der Waals surface area contributed by atoms with E-state index < -0.39 is 0 Å². The molecule has 1 aromatic heterocycles. The molecule has 1 aromatic rings. The SMILES string of the molecule is CC(C)(C)OCC(=O)NCCc1ncno1. The van der Waals surface area contributed by atoms with E-state index in [-0.39, 0.29) is 18.1 Å². The van der Waals surface area contributed by atoms with Crippen LogP contribution in [0.1, 0.15) is 26.7 Å². The molecule has 0 spiro atoms. The Balaban J connectivity index is 2.11. The number of rotatable bonds is 5. The number of carbonyl (C=O) groups excluding carboxylic acids is 1. The van der Waals surface area contributed by atoms with Crippen molar-refractivity contribution < 1.29 is 14.1 Å². The van der Waals surface area contributed by atoms with Gasteiger partial charge >= 0.3 is 0 Å². The Morgan fingerprint density at radius 2 is 2.31 bits per heavy atom. The topological polar surface area (TPSA) is 77.2 Å². The molecule has 6 heteroatoms. The number of hydrogen-bond acceptors (Lipinski definition) is 5. The molecule has 0 fully saturated rings. The maximum Gasteiger partial charge on any atom is 0.246 e. The van der Waals surface area contributed by atoms with Gasteiger partial charge in [0.25, 0.3) is 0 Å². The van der Waals surface area contributed by atoms with Crippen molar-refractivity contribution in [2.45, 2.75) is 32.8 Å². The Morgan fingerprint density at radius 3 is 2.88 bits per heavy atom. The van der Waals surface area contributed by atoms with Crippen LogP contribution in [-0.2, 0) is 16.0 Å². The van der Waals surface area contributed by atoms with Crippen LogP contribution in [0.25, 0.3) is 0 Å². The van der Waals surface area contributed by atoms with Gasteiger partial charge in [0.05, 0.1) is 5.60 Å². The quantitative estimate of drug-likeness (QED) is 0.794. The standard InChI is InChI=1S/C10H17N3O3/c1-10(2,3)15-6-8(14)11-5-4-9-12-7-13-16-9/h7H,4-6H2,1-3H3,(H,11,14). The first kappa shape index (κ1) is 12.6. The molecule has 0 aliphatic carbocycles. The van der Waals surface area contributed by atoms with Crippen LogP contribution in [0.2, 0.25) is 0 Å². The lowest BCUT2D eigenvalue weighted by atomic mass is 10.2. The lowest BCUT2D eigenvalue weighted by molar-refractivity contribution is -0.130. The Labute approximate surface area is 94.4 Å². The molecule has 1 rings (SSSR count). The van der Waals surface area contributed by atoms with Crippen LogP contribution in [0.5, 0.6) is 0 Å². The molecule has 0 aliphatic rings. The molecule has 0 unspecified atom stereocenters. The number of carbonyl (C=O) groups is 1. The molecule has 0 bridgehead atoms. The molecule has 0 saturated carbocycles. The van der Waals surface area contributed by atoms with Gasteiger partial charge in [0.2, 0.25) is 11.8 Å². The zero-order chi connectivity index (χ0) is 12.0. The first-order valence-corrected chi connectivity index (χ1v) is 5.13. The summed E-state index contributed by atoms with van der Waals surface area (Å²) in [6.45, 7) is 6.23. The maximum absolute atomic E-state index is 11.3. The normalized spacial score (nSPS) is 11.4. The molecule has 0 radical (unpaired) electrons. The minimum atomic E-state index is -0.302. The van der Waals surface area contributed by atoms with Gasteiger partial charge in [-0.3, -0.25) is 4.79 Å². The van der Waals surface area contributed by atoms with Crippen LogP contribution in [-0.4, -0.2) is 34.8 Å². The highest BCUT2D eigenvalue weighted by Crippen LogP contribution is 2.05. The molecule has 1 amide bonds. The van der Waals surface area contributed by atoms with E-state index in [4.69, 9.17) is 9.26 Å². The summed E-state index contributed by atoms with van der Waals surface area (Å²) in [5.74, 6) is 0.367. The first-order valence-electron chi connectivity index (χ1n) is 5.13. The Morgan fingerprint density at radius 1 is 1.56 bits per heavy atom. The maximum atomic E-state index is 11.3. The molecule has 1 heterocycles. The third-order valence-electron chi connectivity index (χ3n) is 1.70. The average Bonchev–Trinajstić information content (AvgIpc) is 2.66.